The molecule has 1 aliphatic heterocycles. The second kappa shape index (κ2) is 15.5. The van der Waals surface area contributed by atoms with Gasteiger partial charge in [0.05, 0.1) is 19.3 Å². The van der Waals surface area contributed by atoms with Crippen LogP contribution in [0.1, 0.15) is 104 Å². The van der Waals surface area contributed by atoms with E-state index in [1.165, 1.54) is 7.11 Å². The van der Waals surface area contributed by atoms with Crippen molar-refractivity contribution in [3.63, 3.8) is 0 Å². The normalized spacial score (nSPS) is 28.9. The first-order valence-corrected chi connectivity index (χ1v) is 14.1. The number of carbonyl (C=O) groups is 1. The van der Waals surface area contributed by atoms with Gasteiger partial charge in [-0.2, -0.15) is 0 Å². The van der Waals surface area contributed by atoms with E-state index in [1.807, 2.05) is 6.08 Å². The van der Waals surface area contributed by atoms with Gasteiger partial charge in [0, 0.05) is 24.3 Å². The fraction of sp³-hybridized carbons (Fsp3) is 0.893. The molecule has 1 saturated heterocycles. The number of rotatable bonds is 15. The zero-order chi connectivity index (χ0) is 25.0. The molecule has 1 aliphatic carbocycles. The van der Waals surface area contributed by atoms with E-state index < -0.39 is 6.10 Å². The highest BCUT2D eigenvalue weighted by Crippen LogP contribution is 2.43. The lowest BCUT2D eigenvalue weighted by molar-refractivity contribution is -0.192. The van der Waals surface area contributed by atoms with Gasteiger partial charge in [-0.1, -0.05) is 65.0 Å². The van der Waals surface area contributed by atoms with Crippen LogP contribution in [-0.2, 0) is 19.0 Å². The third-order valence-corrected chi connectivity index (χ3v) is 8.20. The van der Waals surface area contributed by atoms with Gasteiger partial charge in [-0.25, -0.2) is 0 Å². The lowest BCUT2D eigenvalue weighted by Gasteiger charge is -2.31. The van der Waals surface area contributed by atoms with Crippen LogP contribution in [0.25, 0.3) is 0 Å². The van der Waals surface area contributed by atoms with Gasteiger partial charge in [0.25, 0.3) is 0 Å². The highest BCUT2D eigenvalue weighted by Gasteiger charge is 2.42. The monoisotopic (exact) mass is 500 g/mol. The molecule has 0 spiro atoms. The Morgan fingerprint density at radius 1 is 1.21 bits per heavy atom. The molecule has 0 bridgehead atoms. The van der Waals surface area contributed by atoms with Crippen LogP contribution < -0.4 is 0 Å². The van der Waals surface area contributed by atoms with Crippen molar-refractivity contribution in [2.75, 3.05) is 13.7 Å². The zero-order valence-electron chi connectivity index (χ0n) is 22.0. The van der Waals surface area contributed by atoms with E-state index >= 15 is 0 Å². The van der Waals surface area contributed by atoms with Crippen molar-refractivity contribution in [2.24, 2.45) is 17.3 Å². The van der Waals surface area contributed by atoms with Crippen molar-refractivity contribution in [2.45, 2.75) is 128 Å². The number of aliphatic hydroxyl groups excluding tert-OH is 1. The number of hydrogen-bond acceptors (Lipinski definition) is 5. The van der Waals surface area contributed by atoms with Gasteiger partial charge >= 0.3 is 5.97 Å². The van der Waals surface area contributed by atoms with E-state index in [9.17, 15) is 9.90 Å². The van der Waals surface area contributed by atoms with E-state index in [2.05, 4.69) is 26.8 Å². The van der Waals surface area contributed by atoms with Crippen LogP contribution >= 0.6 is 11.6 Å². The molecule has 198 valence electrons. The molecule has 2 aliphatic rings. The summed E-state index contributed by atoms with van der Waals surface area (Å²) in [6.45, 7) is 7.24. The van der Waals surface area contributed by atoms with Crippen LogP contribution in [0.15, 0.2) is 12.2 Å². The minimum atomic E-state index is -0.487. The zero-order valence-corrected chi connectivity index (χ0v) is 22.7. The summed E-state index contributed by atoms with van der Waals surface area (Å²) < 4.78 is 17.0. The lowest BCUT2D eigenvalue weighted by atomic mass is 9.80. The Kier molecular flexibility index (Phi) is 13.5. The molecule has 1 N–H and O–H groups in total. The van der Waals surface area contributed by atoms with Crippen LogP contribution in [-0.4, -0.2) is 48.7 Å². The Hall–Kier alpha value is -0.620. The van der Waals surface area contributed by atoms with E-state index in [4.69, 9.17) is 25.8 Å². The van der Waals surface area contributed by atoms with Gasteiger partial charge in [-0.15, -0.1) is 11.6 Å². The number of alkyl halides is 1. The van der Waals surface area contributed by atoms with Crippen LogP contribution in [0.5, 0.6) is 0 Å². The van der Waals surface area contributed by atoms with Gasteiger partial charge < -0.3 is 19.3 Å². The Bertz CT molecular complexity index is 602. The van der Waals surface area contributed by atoms with Crippen molar-refractivity contribution >= 4 is 17.6 Å². The molecule has 6 atom stereocenters. The quantitative estimate of drug-likeness (QED) is 0.116. The standard InChI is InChI=1S/C28H49ClO5/c1-5-6-18-28(2,3)25(30)17-16-22-21(13-9-7-8-10-14-26(31)32-4)23(29)20-24(22)34-27-15-11-12-19-33-27/h16-17,21-25,27,30H,5-15,18-20H2,1-4H3/t21-,22-,23-,24-,25-,27?/m1/s1. The minimum absolute atomic E-state index is 0.0251. The predicted octanol–water partition coefficient (Wildman–Crippen LogP) is 6.79. The van der Waals surface area contributed by atoms with Gasteiger partial charge in [0.2, 0.25) is 0 Å². The summed E-state index contributed by atoms with van der Waals surface area (Å²) >= 11 is 6.88. The highest BCUT2D eigenvalue weighted by molar-refractivity contribution is 6.21. The average Bonchev–Trinajstić information content (AvgIpc) is 3.12. The molecule has 34 heavy (non-hydrogen) atoms. The van der Waals surface area contributed by atoms with Crippen LogP contribution in [0, 0.1) is 17.3 Å². The Morgan fingerprint density at radius 2 is 1.97 bits per heavy atom. The molecule has 2 rings (SSSR count). The molecule has 2 fully saturated rings. The molecular formula is C28H49ClO5. The predicted molar refractivity (Wildman–Crippen MR) is 138 cm³/mol. The van der Waals surface area contributed by atoms with Crippen LogP contribution in [0.2, 0.25) is 0 Å². The number of esters is 1. The van der Waals surface area contributed by atoms with Crippen molar-refractivity contribution in [3.05, 3.63) is 12.2 Å². The van der Waals surface area contributed by atoms with Crippen molar-refractivity contribution in [1.29, 1.82) is 0 Å². The summed E-state index contributed by atoms with van der Waals surface area (Å²) in [7, 11) is 1.44. The first-order valence-electron chi connectivity index (χ1n) is 13.6. The molecule has 0 amide bonds. The van der Waals surface area contributed by atoms with E-state index in [-0.39, 0.29) is 35.1 Å². The summed E-state index contributed by atoms with van der Waals surface area (Å²) in [5, 5.41) is 11.0. The first kappa shape index (κ1) is 29.6. The number of unbranched alkanes of at least 4 members (excludes halogenated alkanes) is 4. The molecule has 1 unspecified atom stereocenters. The maximum atomic E-state index is 11.3. The molecule has 1 heterocycles. The van der Waals surface area contributed by atoms with Crippen LogP contribution in [0.3, 0.4) is 0 Å². The number of aliphatic hydroxyl groups is 1. The second-order valence-corrected chi connectivity index (χ2v) is 11.5. The molecule has 0 radical (unpaired) electrons. The molecule has 6 heteroatoms. The molecule has 5 nitrogen and oxygen atoms in total. The molecule has 0 aromatic heterocycles. The van der Waals surface area contributed by atoms with Gasteiger partial charge in [-0.3, -0.25) is 4.79 Å². The molecule has 1 saturated carbocycles. The lowest BCUT2D eigenvalue weighted by Crippen LogP contribution is -2.31. The summed E-state index contributed by atoms with van der Waals surface area (Å²) in [6.07, 6.45) is 16.4. The van der Waals surface area contributed by atoms with Crippen LogP contribution in [0.4, 0.5) is 0 Å². The largest absolute Gasteiger partial charge is 0.469 e. The first-order chi connectivity index (χ1) is 16.3. The summed E-state index contributed by atoms with van der Waals surface area (Å²) in [5.41, 5.74) is -0.149. The summed E-state index contributed by atoms with van der Waals surface area (Å²) in [5.74, 6) is 0.366. The Labute approximate surface area is 212 Å². The fourth-order valence-electron chi connectivity index (χ4n) is 5.25. The van der Waals surface area contributed by atoms with Crippen molar-refractivity contribution in [3.8, 4) is 0 Å². The van der Waals surface area contributed by atoms with Crippen molar-refractivity contribution in [1.82, 2.24) is 0 Å². The third-order valence-electron chi connectivity index (χ3n) is 7.70. The maximum Gasteiger partial charge on any atom is 0.305 e. The number of carbonyl (C=O) groups excluding carboxylic acids is 1. The van der Waals surface area contributed by atoms with E-state index in [0.717, 1.165) is 83.7 Å². The number of hydrogen-bond donors (Lipinski definition) is 1. The summed E-state index contributed by atoms with van der Waals surface area (Å²) in [6, 6.07) is 0. The topological polar surface area (TPSA) is 65.0 Å². The summed E-state index contributed by atoms with van der Waals surface area (Å²) in [4.78, 5) is 11.3. The number of methoxy groups -OCH3 is 1. The second-order valence-electron chi connectivity index (χ2n) is 10.9. The highest BCUT2D eigenvalue weighted by atomic mass is 35.5. The SMILES string of the molecule is CCCCC(C)(C)[C@H](O)C=C[C@@H]1[C@@H](CCCCCCC(=O)OC)[C@H](Cl)C[C@H]1OC1CCCCO1. The Balaban J connectivity index is 1.98. The fourth-order valence-corrected chi connectivity index (χ4v) is 5.72. The minimum Gasteiger partial charge on any atom is -0.469 e. The van der Waals surface area contributed by atoms with Gasteiger partial charge in [0.1, 0.15) is 0 Å². The van der Waals surface area contributed by atoms with E-state index in [1.54, 1.807) is 0 Å². The smallest absolute Gasteiger partial charge is 0.305 e. The van der Waals surface area contributed by atoms with E-state index in [0.29, 0.717) is 12.3 Å². The Morgan fingerprint density at radius 3 is 2.65 bits per heavy atom. The molecule has 0 aromatic carbocycles. The maximum absolute atomic E-state index is 11.3. The van der Waals surface area contributed by atoms with Gasteiger partial charge in [0.15, 0.2) is 6.29 Å². The third kappa shape index (κ3) is 9.79. The number of ether oxygens (including phenoxy) is 3. The van der Waals surface area contributed by atoms with Crippen molar-refractivity contribution < 1.29 is 24.1 Å². The average molecular weight is 501 g/mol. The molecular weight excluding hydrogens is 452 g/mol. The number of halogens is 1. The molecule has 0 aromatic rings. The van der Waals surface area contributed by atoms with Gasteiger partial charge in [-0.05, 0) is 56.3 Å².